The Kier molecular flexibility index (Phi) is 10.5. The Morgan fingerprint density at radius 1 is 0.875 bits per heavy atom. The SMILES string of the molecule is CC[C@@H](C)NC(=O)[C@@H](C)N(CCc1ccccc1)C(=O)CN(c1ccc(C)c(C)c1)S(=O)(=O)c1ccc(C)cc1. The highest BCUT2D eigenvalue weighted by Crippen LogP contribution is 2.26. The minimum Gasteiger partial charge on any atom is -0.352 e. The van der Waals surface area contributed by atoms with Crippen LogP contribution in [0, 0.1) is 20.8 Å². The molecule has 40 heavy (non-hydrogen) atoms. The van der Waals surface area contributed by atoms with E-state index in [0.29, 0.717) is 12.1 Å². The highest BCUT2D eigenvalue weighted by molar-refractivity contribution is 7.92. The van der Waals surface area contributed by atoms with E-state index in [1.54, 1.807) is 43.3 Å². The maximum Gasteiger partial charge on any atom is 0.264 e. The monoisotopic (exact) mass is 563 g/mol. The quantitative estimate of drug-likeness (QED) is 0.329. The number of sulfonamides is 1. The van der Waals surface area contributed by atoms with Crippen LogP contribution in [0.2, 0.25) is 0 Å². The Bertz CT molecular complexity index is 1410. The van der Waals surface area contributed by atoms with Crippen LogP contribution in [0.1, 0.15) is 49.4 Å². The molecule has 0 aliphatic rings. The Morgan fingerprint density at radius 3 is 2.12 bits per heavy atom. The van der Waals surface area contributed by atoms with Crippen LogP contribution >= 0.6 is 0 Å². The molecule has 0 radical (unpaired) electrons. The largest absolute Gasteiger partial charge is 0.352 e. The molecule has 0 saturated heterocycles. The summed E-state index contributed by atoms with van der Waals surface area (Å²) < 4.78 is 29.0. The first-order valence-electron chi connectivity index (χ1n) is 13.7. The van der Waals surface area contributed by atoms with Gasteiger partial charge in [0.2, 0.25) is 11.8 Å². The summed E-state index contributed by atoms with van der Waals surface area (Å²) in [5.41, 5.74) is 4.28. The molecule has 0 heterocycles. The summed E-state index contributed by atoms with van der Waals surface area (Å²) in [7, 11) is -4.08. The molecule has 0 aromatic heterocycles. The number of nitrogens with one attached hydrogen (secondary N) is 1. The van der Waals surface area contributed by atoms with E-state index < -0.39 is 28.5 Å². The molecule has 0 spiro atoms. The Morgan fingerprint density at radius 2 is 1.52 bits per heavy atom. The average molecular weight is 564 g/mol. The maximum atomic E-state index is 14.0. The van der Waals surface area contributed by atoms with Crippen molar-refractivity contribution in [3.05, 3.63) is 95.1 Å². The standard InChI is InChI=1S/C32H41N3O4S/c1-7-26(5)33-32(37)27(6)34(20-19-28-11-9-8-10-12-28)31(36)22-35(29-16-15-24(3)25(4)21-29)40(38,39)30-17-13-23(2)14-18-30/h8-18,21,26-27H,7,19-20,22H2,1-6H3,(H,33,37)/t26-,27-/m1/s1. The lowest BCUT2D eigenvalue weighted by Crippen LogP contribution is -2.53. The van der Waals surface area contributed by atoms with E-state index in [2.05, 4.69) is 5.32 Å². The molecule has 3 rings (SSSR count). The molecule has 214 valence electrons. The van der Waals surface area contributed by atoms with E-state index in [1.807, 2.05) is 71.0 Å². The Balaban J connectivity index is 2.00. The van der Waals surface area contributed by atoms with Crippen molar-refractivity contribution in [3.63, 3.8) is 0 Å². The summed E-state index contributed by atoms with van der Waals surface area (Å²) in [5.74, 6) is -0.716. The molecule has 1 N–H and O–H groups in total. The fraction of sp³-hybridized carbons (Fsp3) is 0.375. The third-order valence-electron chi connectivity index (χ3n) is 7.32. The molecule has 0 aliphatic heterocycles. The molecule has 3 aromatic rings. The normalized spacial score (nSPS) is 12.8. The van der Waals surface area contributed by atoms with Gasteiger partial charge in [-0.15, -0.1) is 0 Å². The number of benzene rings is 3. The van der Waals surface area contributed by atoms with E-state index in [1.165, 1.54) is 4.90 Å². The molecule has 2 amide bonds. The number of carbonyl (C=O) groups excluding carboxylic acids is 2. The van der Waals surface area contributed by atoms with Gasteiger partial charge in [0.05, 0.1) is 10.6 Å². The van der Waals surface area contributed by atoms with E-state index in [9.17, 15) is 18.0 Å². The van der Waals surface area contributed by atoms with Crippen LogP contribution in [-0.2, 0) is 26.0 Å². The summed E-state index contributed by atoms with van der Waals surface area (Å²) in [6.45, 7) is 11.2. The van der Waals surface area contributed by atoms with Crippen molar-refractivity contribution in [2.45, 2.75) is 71.4 Å². The molecular weight excluding hydrogens is 522 g/mol. The summed E-state index contributed by atoms with van der Waals surface area (Å²) in [4.78, 5) is 28.7. The van der Waals surface area contributed by atoms with Crippen molar-refractivity contribution in [1.82, 2.24) is 10.2 Å². The zero-order chi connectivity index (χ0) is 29.4. The van der Waals surface area contributed by atoms with Crippen molar-refractivity contribution in [2.24, 2.45) is 0 Å². The first-order valence-corrected chi connectivity index (χ1v) is 15.2. The van der Waals surface area contributed by atoms with Crippen LogP contribution in [0.15, 0.2) is 77.7 Å². The molecule has 2 atom stereocenters. The van der Waals surface area contributed by atoms with Crippen molar-refractivity contribution < 1.29 is 18.0 Å². The predicted octanol–water partition coefficient (Wildman–Crippen LogP) is 5.18. The van der Waals surface area contributed by atoms with Crippen LogP contribution in [0.3, 0.4) is 0 Å². The van der Waals surface area contributed by atoms with Gasteiger partial charge in [-0.25, -0.2) is 8.42 Å². The minimum atomic E-state index is -4.08. The van der Waals surface area contributed by atoms with E-state index in [0.717, 1.165) is 33.0 Å². The van der Waals surface area contributed by atoms with Crippen LogP contribution in [0.4, 0.5) is 5.69 Å². The topological polar surface area (TPSA) is 86.8 Å². The second-order valence-corrected chi connectivity index (χ2v) is 12.3. The van der Waals surface area contributed by atoms with Gasteiger partial charge in [0, 0.05) is 12.6 Å². The highest BCUT2D eigenvalue weighted by atomic mass is 32.2. The zero-order valence-electron chi connectivity index (χ0n) is 24.3. The molecule has 0 bridgehead atoms. The molecule has 0 saturated carbocycles. The van der Waals surface area contributed by atoms with Gasteiger partial charge in [-0.1, -0.05) is 61.0 Å². The number of amides is 2. The Hall–Kier alpha value is -3.65. The number of anilines is 1. The van der Waals surface area contributed by atoms with Gasteiger partial charge in [-0.2, -0.15) is 0 Å². The molecule has 7 nitrogen and oxygen atoms in total. The Labute approximate surface area is 239 Å². The fourth-order valence-electron chi connectivity index (χ4n) is 4.28. The van der Waals surface area contributed by atoms with Crippen molar-refractivity contribution in [1.29, 1.82) is 0 Å². The molecule has 0 aliphatic carbocycles. The van der Waals surface area contributed by atoms with Crippen LogP contribution in [-0.4, -0.2) is 50.3 Å². The zero-order valence-corrected chi connectivity index (χ0v) is 25.2. The molecular formula is C32H41N3O4S. The van der Waals surface area contributed by atoms with Gasteiger partial charge >= 0.3 is 0 Å². The number of rotatable bonds is 12. The molecule has 3 aromatic carbocycles. The van der Waals surface area contributed by atoms with Crippen molar-refractivity contribution in [3.8, 4) is 0 Å². The third kappa shape index (κ3) is 7.72. The van der Waals surface area contributed by atoms with Crippen LogP contribution in [0.25, 0.3) is 0 Å². The van der Waals surface area contributed by atoms with Gasteiger partial charge in [0.1, 0.15) is 12.6 Å². The van der Waals surface area contributed by atoms with Gasteiger partial charge in [-0.05, 0) is 88.4 Å². The first kappa shape index (κ1) is 30.9. The van der Waals surface area contributed by atoms with Gasteiger partial charge < -0.3 is 10.2 Å². The number of hydrogen-bond acceptors (Lipinski definition) is 4. The van der Waals surface area contributed by atoms with E-state index >= 15 is 0 Å². The summed E-state index contributed by atoms with van der Waals surface area (Å²) in [6.07, 6.45) is 1.29. The second-order valence-electron chi connectivity index (χ2n) is 10.4. The molecule has 0 unspecified atom stereocenters. The minimum absolute atomic E-state index is 0.0463. The summed E-state index contributed by atoms with van der Waals surface area (Å²) in [6, 6.07) is 20.8. The maximum absolute atomic E-state index is 14.0. The highest BCUT2D eigenvalue weighted by Gasteiger charge is 2.32. The lowest BCUT2D eigenvalue weighted by molar-refractivity contribution is -0.139. The second kappa shape index (κ2) is 13.6. The average Bonchev–Trinajstić information content (AvgIpc) is 2.93. The third-order valence-corrected chi connectivity index (χ3v) is 9.11. The predicted molar refractivity (Wildman–Crippen MR) is 161 cm³/mol. The van der Waals surface area contributed by atoms with E-state index in [-0.39, 0.29) is 23.4 Å². The van der Waals surface area contributed by atoms with Crippen molar-refractivity contribution >= 4 is 27.5 Å². The van der Waals surface area contributed by atoms with Crippen LogP contribution < -0.4 is 9.62 Å². The molecule has 0 fully saturated rings. The summed E-state index contributed by atoms with van der Waals surface area (Å²) >= 11 is 0. The van der Waals surface area contributed by atoms with Crippen molar-refractivity contribution in [2.75, 3.05) is 17.4 Å². The number of hydrogen-bond donors (Lipinski definition) is 1. The van der Waals surface area contributed by atoms with Gasteiger partial charge in [0.25, 0.3) is 10.0 Å². The van der Waals surface area contributed by atoms with Crippen LogP contribution in [0.5, 0.6) is 0 Å². The van der Waals surface area contributed by atoms with E-state index in [4.69, 9.17) is 0 Å². The number of carbonyl (C=O) groups is 2. The number of aryl methyl sites for hydroxylation is 3. The fourth-order valence-corrected chi connectivity index (χ4v) is 5.69. The van der Waals surface area contributed by atoms with Gasteiger partial charge in [-0.3, -0.25) is 13.9 Å². The number of nitrogens with zero attached hydrogens (tertiary/aromatic N) is 2. The lowest BCUT2D eigenvalue weighted by Gasteiger charge is -2.32. The lowest BCUT2D eigenvalue weighted by atomic mass is 10.1. The first-order chi connectivity index (χ1) is 18.9. The summed E-state index contributed by atoms with van der Waals surface area (Å²) in [5, 5.41) is 2.96. The molecule has 8 heteroatoms. The smallest absolute Gasteiger partial charge is 0.264 e. The van der Waals surface area contributed by atoms with Gasteiger partial charge in [0.15, 0.2) is 0 Å².